The minimum absolute atomic E-state index is 0.203. The Morgan fingerprint density at radius 2 is 1.67 bits per heavy atom. The number of Topliss-reactive ketones (excluding diaryl/α,β-unsaturated/α-hetero) is 1. The van der Waals surface area contributed by atoms with Gasteiger partial charge in [-0.2, -0.15) is 0 Å². The van der Waals surface area contributed by atoms with Crippen molar-refractivity contribution in [3.05, 3.63) is 89.2 Å². The molecule has 0 bridgehead atoms. The Morgan fingerprint density at radius 1 is 0.917 bits per heavy atom. The third kappa shape index (κ3) is 2.65. The van der Waals surface area contributed by atoms with E-state index in [-0.39, 0.29) is 11.7 Å². The smallest absolute Gasteiger partial charge is 0.165 e. The lowest BCUT2D eigenvalue weighted by Gasteiger charge is -2.25. The lowest BCUT2D eigenvalue weighted by molar-refractivity contribution is 0.0964. The van der Waals surface area contributed by atoms with E-state index in [2.05, 4.69) is 48.3 Å². The number of rotatable bonds is 2. The maximum absolute atomic E-state index is 12.9. The number of carbonyl (C=O) groups excluding carboxylic acids is 1. The Labute approximate surface area is 142 Å². The highest BCUT2D eigenvalue weighted by atomic mass is 16.1. The van der Waals surface area contributed by atoms with Crippen molar-refractivity contribution in [2.75, 3.05) is 0 Å². The first-order chi connectivity index (χ1) is 11.7. The van der Waals surface area contributed by atoms with Crippen molar-refractivity contribution in [2.24, 2.45) is 0 Å². The minimum atomic E-state index is 0.203. The van der Waals surface area contributed by atoms with Gasteiger partial charge in [-0.25, -0.2) is 0 Å². The molecule has 0 aliphatic heterocycles. The number of aryl methyl sites for hydroxylation is 1. The Morgan fingerprint density at radius 3 is 2.42 bits per heavy atom. The van der Waals surface area contributed by atoms with Gasteiger partial charge in [0, 0.05) is 18.2 Å². The number of aromatic nitrogens is 1. The Hall–Kier alpha value is -2.74. The highest BCUT2D eigenvalue weighted by molar-refractivity contribution is 6.04. The Kier molecular flexibility index (Phi) is 3.73. The van der Waals surface area contributed by atoms with E-state index in [0.717, 1.165) is 28.8 Å². The maximum atomic E-state index is 12.9. The molecular formula is C22H19NO. The van der Waals surface area contributed by atoms with Crippen LogP contribution in [0.15, 0.2) is 66.9 Å². The molecule has 0 unspecified atom stereocenters. The van der Waals surface area contributed by atoms with Gasteiger partial charge in [0.25, 0.3) is 0 Å². The van der Waals surface area contributed by atoms with E-state index in [1.54, 1.807) is 0 Å². The van der Waals surface area contributed by atoms with E-state index in [9.17, 15) is 4.79 Å². The topological polar surface area (TPSA) is 30.0 Å². The van der Waals surface area contributed by atoms with Crippen LogP contribution in [-0.2, 0) is 6.42 Å². The van der Waals surface area contributed by atoms with Crippen molar-refractivity contribution in [1.82, 2.24) is 4.98 Å². The van der Waals surface area contributed by atoms with E-state index in [4.69, 9.17) is 0 Å². The fourth-order valence-electron chi connectivity index (χ4n) is 3.54. The summed E-state index contributed by atoms with van der Waals surface area (Å²) in [5.41, 5.74) is 6.30. The number of hydrogen-bond acceptors (Lipinski definition) is 2. The van der Waals surface area contributed by atoms with Crippen LogP contribution in [-0.4, -0.2) is 10.8 Å². The zero-order chi connectivity index (χ0) is 16.5. The van der Waals surface area contributed by atoms with Gasteiger partial charge in [-0.05, 0) is 42.0 Å². The molecule has 118 valence electrons. The normalized spacial score (nSPS) is 16.7. The van der Waals surface area contributed by atoms with Crippen molar-refractivity contribution >= 4 is 5.78 Å². The predicted molar refractivity (Wildman–Crippen MR) is 96.2 cm³/mol. The maximum Gasteiger partial charge on any atom is 0.165 e. The summed E-state index contributed by atoms with van der Waals surface area (Å²) in [6.45, 7) is 2.08. The van der Waals surface area contributed by atoms with Gasteiger partial charge < -0.3 is 0 Å². The summed E-state index contributed by atoms with van der Waals surface area (Å²) in [5.74, 6) is 0.429. The van der Waals surface area contributed by atoms with Gasteiger partial charge in [-0.1, -0.05) is 60.2 Å². The van der Waals surface area contributed by atoms with Crippen LogP contribution < -0.4 is 0 Å². The molecule has 0 amide bonds. The largest absolute Gasteiger partial charge is 0.294 e. The summed E-state index contributed by atoms with van der Waals surface area (Å²) >= 11 is 0. The van der Waals surface area contributed by atoms with Crippen LogP contribution in [0, 0.1) is 6.92 Å². The van der Waals surface area contributed by atoms with Crippen molar-refractivity contribution in [3.8, 4) is 11.1 Å². The zero-order valence-corrected chi connectivity index (χ0v) is 13.7. The Balaban J connectivity index is 1.75. The molecule has 2 heteroatoms. The summed E-state index contributed by atoms with van der Waals surface area (Å²) in [6, 6.07) is 20.6. The van der Waals surface area contributed by atoms with E-state index in [1.807, 2.05) is 30.5 Å². The van der Waals surface area contributed by atoms with Crippen LogP contribution >= 0.6 is 0 Å². The molecule has 0 fully saturated rings. The monoisotopic (exact) mass is 313 g/mol. The Bertz CT molecular complexity index is 882. The number of fused-ring (bicyclic) bond motifs is 1. The molecule has 1 aliphatic carbocycles. The lowest BCUT2D eigenvalue weighted by atomic mass is 9.79. The molecule has 1 aromatic heterocycles. The van der Waals surface area contributed by atoms with E-state index >= 15 is 0 Å². The summed E-state index contributed by atoms with van der Waals surface area (Å²) in [4.78, 5) is 17.4. The molecule has 1 heterocycles. The van der Waals surface area contributed by atoms with Crippen molar-refractivity contribution in [2.45, 2.75) is 25.7 Å². The fourth-order valence-corrected chi connectivity index (χ4v) is 3.54. The van der Waals surface area contributed by atoms with Crippen molar-refractivity contribution in [1.29, 1.82) is 0 Å². The lowest BCUT2D eigenvalue weighted by Crippen LogP contribution is -2.21. The predicted octanol–water partition coefficient (Wildman–Crippen LogP) is 4.97. The summed E-state index contributed by atoms with van der Waals surface area (Å²) in [7, 11) is 0. The second-order valence-corrected chi connectivity index (χ2v) is 6.49. The third-order valence-corrected chi connectivity index (χ3v) is 4.81. The summed E-state index contributed by atoms with van der Waals surface area (Å²) < 4.78 is 0. The van der Waals surface area contributed by atoms with Gasteiger partial charge in [0.1, 0.15) is 0 Å². The summed E-state index contributed by atoms with van der Waals surface area (Å²) in [5, 5.41) is 0. The molecule has 0 saturated heterocycles. The van der Waals surface area contributed by atoms with Crippen molar-refractivity contribution in [3.63, 3.8) is 0 Å². The summed E-state index contributed by atoms with van der Waals surface area (Å²) in [6.07, 6.45) is 3.21. The van der Waals surface area contributed by atoms with Gasteiger partial charge in [0.15, 0.2) is 5.78 Å². The van der Waals surface area contributed by atoms with Crippen molar-refractivity contribution < 1.29 is 4.79 Å². The molecule has 0 N–H and O–H groups in total. The van der Waals surface area contributed by atoms with Crippen LogP contribution in [0.25, 0.3) is 11.1 Å². The van der Waals surface area contributed by atoms with Crippen LogP contribution in [0.5, 0.6) is 0 Å². The van der Waals surface area contributed by atoms with E-state index in [1.165, 1.54) is 11.1 Å². The molecule has 4 rings (SSSR count). The number of pyridine rings is 1. The second-order valence-electron chi connectivity index (χ2n) is 6.49. The first kappa shape index (κ1) is 14.8. The molecule has 3 aromatic rings. The first-order valence-electron chi connectivity index (χ1n) is 8.35. The molecule has 1 aliphatic rings. The standard InChI is InChI=1S/C22H19NO/c1-15-7-9-16(10-8-15)18-13-20-22(21(24)14-18)19(11-12-23-20)17-5-3-2-4-6-17/h2-12,18H,13-14H2,1H3/t18-/m1/s1. The molecule has 0 spiro atoms. The minimum Gasteiger partial charge on any atom is -0.294 e. The highest BCUT2D eigenvalue weighted by Gasteiger charge is 2.29. The number of benzene rings is 2. The second kappa shape index (κ2) is 6.04. The molecule has 0 radical (unpaired) electrons. The molecule has 2 nitrogen and oxygen atoms in total. The number of ketones is 1. The van der Waals surface area contributed by atoms with Gasteiger partial charge in [0.2, 0.25) is 0 Å². The van der Waals surface area contributed by atoms with Crippen LogP contribution in [0.2, 0.25) is 0 Å². The van der Waals surface area contributed by atoms with Crippen LogP contribution in [0.3, 0.4) is 0 Å². The van der Waals surface area contributed by atoms with E-state index < -0.39 is 0 Å². The quantitative estimate of drug-likeness (QED) is 0.668. The molecule has 0 saturated carbocycles. The molecule has 2 aromatic carbocycles. The first-order valence-corrected chi connectivity index (χ1v) is 8.35. The fraction of sp³-hybridized carbons (Fsp3) is 0.182. The van der Waals surface area contributed by atoms with Gasteiger partial charge in [0.05, 0.1) is 5.69 Å². The third-order valence-electron chi connectivity index (χ3n) is 4.81. The SMILES string of the molecule is Cc1ccc([C@H]2CC(=O)c3c(-c4ccccc4)ccnc3C2)cc1. The zero-order valence-electron chi connectivity index (χ0n) is 13.7. The average Bonchev–Trinajstić information content (AvgIpc) is 2.62. The van der Waals surface area contributed by atoms with E-state index in [0.29, 0.717) is 6.42 Å². The number of hydrogen-bond donors (Lipinski definition) is 0. The molecule has 1 atom stereocenters. The van der Waals surface area contributed by atoms with Gasteiger partial charge >= 0.3 is 0 Å². The van der Waals surface area contributed by atoms with Crippen LogP contribution in [0.1, 0.15) is 39.5 Å². The van der Waals surface area contributed by atoms with Gasteiger partial charge in [-0.3, -0.25) is 9.78 Å². The number of carbonyl (C=O) groups is 1. The number of nitrogens with zero attached hydrogens (tertiary/aromatic N) is 1. The molecular weight excluding hydrogens is 294 g/mol. The van der Waals surface area contributed by atoms with Crippen LogP contribution in [0.4, 0.5) is 0 Å². The molecule has 24 heavy (non-hydrogen) atoms. The van der Waals surface area contributed by atoms with Gasteiger partial charge in [-0.15, -0.1) is 0 Å². The highest BCUT2D eigenvalue weighted by Crippen LogP contribution is 2.36. The average molecular weight is 313 g/mol.